The molecule has 3 aromatic rings. The van der Waals surface area contributed by atoms with Crippen molar-refractivity contribution in [1.29, 1.82) is 0 Å². The van der Waals surface area contributed by atoms with E-state index in [4.69, 9.17) is 16.3 Å². The van der Waals surface area contributed by atoms with Crippen molar-refractivity contribution >= 4 is 33.2 Å². The Bertz CT molecular complexity index is 1230. The highest BCUT2D eigenvalue weighted by Gasteiger charge is 2.28. The van der Waals surface area contributed by atoms with Gasteiger partial charge in [-0.15, -0.1) is 0 Å². The third kappa shape index (κ3) is 6.52. The fraction of sp³-hybridized carbons (Fsp3) is 0.269. The summed E-state index contributed by atoms with van der Waals surface area (Å²) in [7, 11) is -4.00. The number of amides is 1. The average Bonchev–Trinajstić information content (AvgIpc) is 2.82. The molecule has 3 rings (SSSR count). The molecule has 6 nitrogen and oxygen atoms in total. The molecule has 0 saturated carbocycles. The Hall–Kier alpha value is -3.03. The van der Waals surface area contributed by atoms with E-state index in [9.17, 15) is 13.2 Å². The van der Waals surface area contributed by atoms with Gasteiger partial charge in [0.05, 0.1) is 17.1 Å². The van der Waals surface area contributed by atoms with Gasteiger partial charge in [-0.25, -0.2) is 8.42 Å². The smallest absolute Gasteiger partial charge is 0.264 e. The zero-order chi connectivity index (χ0) is 24.7. The number of halogens is 1. The van der Waals surface area contributed by atoms with Gasteiger partial charge in [-0.1, -0.05) is 54.4 Å². The van der Waals surface area contributed by atoms with Crippen LogP contribution < -0.4 is 14.4 Å². The van der Waals surface area contributed by atoms with Crippen molar-refractivity contribution in [2.75, 3.05) is 24.0 Å². The Morgan fingerprint density at radius 3 is 2.32 bits per heavy atom. The molecule has 0 fully saturated rings. The van der Waals surface area contributed by atoms with E-state index < -0.39 is 15.9 Å². The highest BCUT2D eigenvalue weighted by atomic mass is 35.5. The van der Waals surface area contributed by atoms with Crippen LogP contribution >= 0.6 is 11.6 Å². The summed E-state index contributed by atoms with van der Waals surface area (Å²) in [5.74, 6) is 0.268. The number of ether oxygens (including phenoxy) is 1. The number of rotatable bonds is 10. The van der Waals surface area contributed by atoms with Crippen molar-refractivity contribution in [3.05, 3.63) is 88.4 Å². The molecule has 1 amide bonds. The first kappa shape index (κ1) is 25.6. The second-order valence-corrected chi connectivity index (χ2v) is 10.3. The molecule has 3 aromatic carbocycles. The van der Waals surface area contributed by atoms with Crippen molar-refractivity contribution in [3.8, 4) is 5.75 Å². The molecule has 0 atom stereocenters. The minimum absolute atomic E-state index is 0.101. The molecule has 1 N–H and O–H groups in total. The van der Waals surface area contributed by atoms with Crippen LogP contribution in [0.15, 0.2) is 71.6 Å². The summed E-state index contributed by atoms with van der Waals surface area (Å²) in [4.78, 5) is 12.8. The fourth-order valence-electron chi connectivity index (χ4n) is 3.36. The number of nitrogens with zero attached hydrogens (tertiary/aromatic N) is 1. The molecule has 34 heavy (non-hydrogen) atoms. The number of sulfonamides is 1. The summed E-state index contributed by atoms with van der Waals surface area (Å²) in [5, 5.41) is 3.12. The second kappa shape index (κ2) is 11.4. The van der Waals surface area contributed by atoms with E-state index >= 15 is 0 Å². The van der Waals surface area contributed by atoms with E-state index in [1.54, 1.807) is 37.3 Å². The second-order valence-electron chi connectivity index (χ2n) is 7.95. The Labute approximate surface area is 206 Å². The van der Waals surface area contributed by atoms with Gasteiger partial charge in [-0.05, 0) is 67.8 Å². The van der Waals surface area contributed by atoms with Crippen molar-refractivity contribution in [2.24, 2.45) is 0 Å². The maximum atomic E-state index is 13.5. The number of nitrogens with one attached hydrogen (secondary N) is 1. The molecule has 0 aliphatic rings. The first-order valence-electron chi connectivity index (χ1n) is 11.0. The predicted molar refractivity (Wildman–Crippen MR) is 136 cm³/mol. The highest BCUT2D eigenvalue weighted by Crippen LogP contribution is 2.29. The van der Waals surface area contributed by atoms with Gasteiger partial charge in [0.1, 0.15) is 18.9 Å². The van der Waals surface area contributed by atoms with Gasteiger partial charge in [0.15, 0.2) is 0 Å². The lowest BCUT2D eigenvalue weighted by Gasteiger charge is -2.26. The van der Waals surface area contributed by atoms with Crippen LogP contribution in [0.5, 0.6) is 5.75 Å². The summed E-state index contributed by atoms with van der Waals surface area (Å²) >= 11 is 6.16. The molecule has 0 aromatic heterocycles. The SMILES string of the molecule is CCc1ccc(OCCNC(=O)CN(c2cc(Cl)ccc2C)S(=O)(=O)c2ccc(C)cc2)cc1. The lowest BCUT2D eigenvalue weighted by atomic mass is 10.2. The Kier molecular flexibility index (Phi) is 8.58. The van der Waals surface area contributed by atoms with E-state index in [2.05, 4.69) is 12.2 Å². The van der Waals surface area contributed by atoms with Crippen LogP contribution in [0.1, 0.15) is 23.6 Å². The molecule has 0 unspecified atom stereocenters. The molecule has 0 aliphatic heterocycles. The molecule has 0 aliphatic carbocycles. The van der Waals surface area contributed by atoms with Crippen molar-refractivity contribution < 1.29 is 17.9 Å². The summed E-state index contributed by atoms with van der Waals surface area (Å²) < 4.78 is 33.7. The van der Waals surface area contributed by atoms with Crippen molar-refractivity contribution in [3.63, 3.8) is 0 Å². The van der Waals surface area contributed by atoms with Gasteiger partial charge < -0.3 is 10.1 Å². The number of aryl methyl sites for hydroxylation is 3. The van der Waals surface area contributed by atoms with Gasteiger partial charge in [-0.3, -0.25) is 9.10 Å². The summed E-state index contributed by atoms with van der Waals surface area (Å²) in [6.07, 6.45) is 0.949. The number of anilines is 1. The lowest BCUT2D eigenvalue weighted by molar-refractivity contribution is -0.119. The van der Waals surface area contributed by atoms with Gasteiger partial charge in [-0.2, -0.15) is 0 Å². The monoisotopic (exact) mass is 500 g/mol. The first-order chi connectivity index (χ1) is 16.2. The van der Waals surface area contributed by atoms with Crippen LogP contribution in [0.4, 0.5) is 5.69 Å². The zero-order valence-electron chi connectivity index (χ0n) is 19.5. The molecule has 180 valence electrons. The van der Waals surface area contributed by atoms with Crippen LogP contribution in [0.25, 0.3) is 0 Å². The number of hydrogen-bond acceptors (Lipinski definition) is 4. The summed E-state index contributed by atoms with van der Waals surface area (Å²) in [6, 6.07) is 19.2. The molecule has 8 heteroatoms. The number of hydrogen-bond donors (Lipinski definition) is 1. The van der Waals surface area contributed by atoms with Gasteiger partial charge in [0, 0.05) is 5.02 Å². The predicted octanol–water partition coefficient (Wildman–Crippen LogP) is 4.91. The quantitative estimate of drug-likeness (QED) is 0.401. The molecule has 0 radical (unpaired) electrons. The number of carbonyl (C=O) groups excluding carboxylic acids is 1. The van der Waals surface area contributed by atoms with Crippen molar-refractivity contribution in [1.82, 2.24) is 5.32 Å². The normalized spacial score (nSPS) is 11.2. The third-order valence-electron chi connectivity index (χ3n) is 5.36. The van der Waals surface area contributed by atoms with E-state index in [0.29, 0.717) is 22.0 Å². The van der Waals surface area contributed by atoms with Gasteiger partial charge in [0.2, 0.25) is 5.91 Å². The van der Waals surface area contributed by atoms with Gasteiger partial charge in [0.25, 0.3) is 10.0 Å². The zero-order valence-corrected chi connectivity index (χ0v) is 21.1. The highest BCUT2D eigenvalue weighted by molar-refractivity contribution is 7.92. The number of carbonyl (C=O) groups is 1. The topological polar surface area (TPSA) is 75.7 Å². The minimum atomic E-state index is -4.00. The molecule has 0 saturated heterocycles. The first-order valence-corrected chi connectivity index (χ1v) is 12.9. The van der Waals surface area contributed by atoms with E-state index in [0.717, 1.165) is 16.3 Å². The molecule has 0 spiro atoms. The Balaban J connectivity index is 1.72. The molecule has 0 heterocycles. The van der Waals surface area contributed by atoms with E-state index in [1.807, 2.05) is 31.2 Å². The summed E-state index contributed by atoms with van der Waals surface area (Å²) in [6.45, 7) is 5.85. The van der Waals surface area contributed by atoms with Gasteiger partial charge >= 0.3 is 0 Å². The molecular formula is C26H29ClN2O4S. The summed E-state index contributed by atoms with van der Waals surface area (Å²) in [5.41, 5.74) is 3.19. The van der Waals surface area contributed by atoms with E-state index in [1.165, 1.54) is 17.7 Å². The maximum Gasteiger partial charge on any atom is 0.264 e. The van der Waals surface area contributed by atoms with Crippen LogP contribution in [-0.2, 0) is 21.2 Å². The van der Waals surface area contributed by atoms with E-state index in [-0.39, 0.29) is 24.6 Å². The van der Waals surface area contributed by atoms with Crippen LogP contribution in [0.2, 0.25) is 5.02 Å². The lowest BCUT2D eigenvalue weighted by Crippen LogP contribution is -2.42. The largest absolute Gasteiger partial charge is 0.492 e. The van der Waals surface area contributed by atoms with Crippen LogP contribution in [0.3, 0.4) is 0 Å². The minimum Gasteiger partial charge on any atom is -0.492 e. The molecular weight excluding hydrogens is 472 g/mol. The Morgan fingerprint density at radius 2 is 1.68 bits per heavy atom. The Morgan fingerprint density at radius 1 is 1.00 bits per heavy atom. The van der Waals surface area contributed by atoms with Crippen molar-refractivity contribution in [2.45, 2.75) is 32.1 Å². The van der Waals surface area contributed by atoms with Crippen LogP contribution in [0, 0.1) is 13.8 Å². The number of benzene rings is 3. The van der Waals surface area contributed by atoms with Crippen LogP contribution in [-0.4, -0.2) is 34.0 Å². The average molecular weight is 501 g/mol. The standard InChI is InChI=1S/C26H29ClN2O4S/c1-4-21-8-11-23(12-9-21)33-16-15-28-26(30)18-29(25-17-22(27)10-7-20(25)3)34(31,32)24-13-5-19(2)6-14-24/h5-14,17H,4,15-16,18H2,1-3H3,(H,28,30). The third-order valence-corrected chi connectivity index (χ3v) is 7.37. The maximum absolute atomic E-state index is 13.5. The molecule has 0 bridgehead atoms. The fourth-order valence-corrected chi connectivity index (χ4v) is 5.00.